The lowest BCUT2D eigenvalue weighted by Gasteiger charge is -2.21. The first-order valence-electron chi connectivity index (χ1n) is 11.9. The summed E-state index contributed by atoms with van der Waals surface area (Å²) in [5.41, 5.74) is 0.810. The van der Waals surface area contributed by atoms with E-state index in [1.165, 1.54) is 37.7 Å². The van der Waals surface area contributed by atoms with Crippen molar-refractivity contribution in [3.63, 3.8) is 0 Å². The summed E-state index contributed by atoms with van der Waals surface area (Å²) in [7, 11) is 1.31. The Morgan fingerprint density at radius 3 is 2.46 bits per heavy atom. The van der Waals surface area contributed by atoms with Crippen molar-refractivity contribution in [1.29, 1.82) is 0 Å². The van der Waals surface area contributed by atoms with E-state index in [2.05, 4.69) is 15.1 Å². The zero-order valence-corrected chi connectivity index (χ0v) is 21.4. The summed E-state index contributed by atoms with van der Waals surface area (Å²) < 4.78 is 57.0. The second-order valence-corrected chi connectivity index (χ2v) is 9.03. The number of ether oxygens (including phenoxy) is 1. The van der Waals surface area contributed by atoms with E-state index < -0.39 is 23.9 Å². The molecule has 0 fully saturated rings. The summed E-state index contributed by atoms with van der Waals surface area (Å²) in [4.78, 5) is 20.6. The lowest BCUT2D eigenvalue weighted by Crippen LogP contribution is -2.19. The van der Waals surface area contributed by atoms with Crippen LogP contribution in [0.1, 0.15) is 46.2 Å². The van der Waals surface area contributed by atoms with Crippen LogP contribution in [0.3, 0.4) is 0 Å². The van der Waals surface area contributed by atoms with E-state index in [0.29, 0.717) is 28.3 Å². The molecule has 1 atom stereocenters. The topological polar surface area (TPSA) is 103 Å². The number of rotatable bonds is 6. The number of aromatic nitrogens is 4. The molecule has 0 aliphatic carbocycles. The van der Waals surface area contributed by atoms with E-state index >= 15 is 13.2 Å². The van der Waals surface area contributed by atoms with Crippen LogP contribution in [-0.2, 0) is 6.18 Å². The van der Waals surface area contributed by atoms with Crippen molar-refractivity contribution in [2.45, 2.75) is 33.0 Å². The molecule has 1 N–H and O–H groups in total. The van der Waals surface area contributed by atoms with Crippen LogP contribution in [0.25, 0.3) is 33.3 Å². The first-order chi connectivity index (χ1) is 18.5. The maximum atomic E-state index is 15.1. The lowest BCUT2D eigenvalue weighted by molar-refractivity contribution is -0.143. The maximum Gasteiger partial charge on any atom is 0.432 e. The van der Waals surface area contributed by atoms with Gasteiger partial charge >= 0.3 is 12.1 Å². The van der Waals surface area contributed by atoms with Crippen LogP contribution in [-0.4, -0.2) is 37.9 Å². The van der Waals surface area contributed by atoms with Crippen LogP contribution in [0.2, 0.25) is 0 Å². The summed E-state index contributed by atoms with van der Waals surface area (Å²) in [5, 5.41) is 13.6. The monoisotopic (exact) mass is 536 g/mol. The Kier molecular flexibility index (Phi) is 6.37. The molecule has 0 aliphatic rings. The standard InChI is InChI=1S/C28H23F3N4O4/c1-14-23(16(3)39-34-14)18-12-21-25(33-13-18)24(19-11-17(27(36)37)8-9-22(19)38-4)26(28(29,30)31)35(21)15(2)20-7-5-6-10-32-20/h5-13,15H,1-4H3,(H,36,37). The average Bonchev–Trinajstić information content (AvgIpc) is 3.44. The van der Waals surface area contributed by atoms with E-state index in [-0.39, 0.29) is 33.5 Å². The number of methoxy groups -OCH3 is 1. The van der Waals surface area contributed by atoms with Crippen molar-refractivity contribution >= 4 is 17.0 Å². The van der Waals surface area contributed by atoms with Gasteiger partial charge in [-0.25, -0.2) is 4.79 Å². The van der Waals surface area contributed by atoms with Crippen molar-refractivity contribution in [3.8, 4) is 28.0 Å². The molecule has 0 saturated heterocycles. The van der Waals surface area contributed by atoms with Gasteiger partial charge in [0.1, 0.15) is 17.2 Å². The van der Waals surface area contributed by atoms with Gasteiger partial charge in [0.05, 0.1) is 41.1 Å². The number of fused-ring (bicyclic) bond motifs is 1. The Hall–Kier alpha value is -4.67. The summed E-state index contributed by atoms with van der Waals surface area (Å²) in [6.45, 7) is 5.07. The number of hydrogen-bond donors (Lipinski definition) is 1. The van der Waals surface area contributed by atoms with Gasteiger partial charge in [0.25, 0.3) is 0 Å². The number of aromatic carboxylic acids is 1. The molecule has 0 spiro atoms. The number of hydrogen-bond acceptors (Lipinski definition) is 6. The van der Waals surface area contributed by atoms with Crippen molar-refractivity contribution in [1.82, 2.24) is 19.7 Å². The molecule has 5 rings (SSSR count). The fraction of sp³-hybridized carbons (Fsp3) is 0.214. The first-order valence-corrected chi connectivity index (χ1v) is 11.9. The van der Waals surface area contributed by atoms with Gasteiger partial charge in [0.2, 0.25) is 0 Å². The predicted molar refractivity (Wildman–Crippen MR) is 137 cm³/mol. The highest BCUT2D eigenvalue weighted by Crippen LogP contribution is 2.48. The second kappa shape index (κ2) is 9.57. The van der Waals surface area contributed by atoms with Crippen LogP contribution in [0.15, 0.2) is 59.4 Å². The van der Waals surface area contributed by atoms with Gasteiger partial charge in [-0.2, -0.15) is 13.2 Å². The minimum absolute atomic E-state index is 0.0291. The van der Waals surface area contributed by atoms with Crippen LogP contribution >= 0.6 is 0 Å². The van der Waals surface area contributed by atoms with E-state index in [1.807, 2.05) is 0 Å². The van der Waals surface area contributed by atoms with Crippen molar-refractivity contribution < 1.29 is 32.3 Å². The Morgan fingerprint density at radius 2 is 1.87 bits per heavy atom. The van der Waals surface area contributed by atoms with Gasteiger partial charge in [-0.3, -0.25) is 9.97 Å². The van der Waals surface area contributed by atoms with E-state index in [1.54, 1.807) is 45.0 Å². The number of halogens is 3. The number of carboxylic acids is 1. The molecule has 0 saturated carbocycles. The van der Waals surface area contributed by atoms with Gasteiger partial charge in [-0.05, 0) is 57.2 Å². The smallest absolute Gasteiger partial charge is 0.432 e. The van der Waals surface area contributed by atoms with E-state index in [4.69, 9.17) is 9.26 Å². The minimum atomic E-state index is -4.85. The lowest BCUT2D eigenvalue weighted by atomic mass is 9.99. The molecule has 1 unspecified atom stereocenters. The number of nitrogens with zero attached hydrogens (tertiary/aromatic N) is 4. The van der Waals surface area contributed by atoms with Gasteiger partial charge < -0.3 is 18.9 Å². The Bertz CT molecular complexity index is 1690. The van der Waals surface area contributed by atoms with Gasteiger partial charge in [-0.15, -0.1) is 0 Å². The Balaban J connectivity index is 1.95. The molecule has 39 heavy (non-hydrogen) atoms. The zero-order chi connectivity index (χ0) is 28.1. The van der Waals surface area contributed by atoms with E-state index in [9.17, 15) is 9.90 Å². The predicted octanol–water partition coefficient (Wildman–Crippen LogP) is 6.71. The van der Waals surface area contributed by atoms with Crippen molar-refractivity contribution in [2.24, 2.45) is 0 Å². The number of benzene rings is 1. The summed E-state index contributed by atoms with van der Waals surface area (Å²) >= 11 is 0. The SMILES string of the molecule is COc1ccc(C(=O)O)cc1-c1c(C(F)(F)F)n(C(C)c2ccccn2)c2cc(-c3c(C)noc3C)cnc12. The minimum Gasteiger partial charge on any atom is -0.496 e. The molecule has 200 valence electrons. The third-order valence-corrected chi connectivity index (χ3v) is 6.65. The fourth-order valence-corrected chi connectivity index (χ4v) is 4.94. The largest absolute Gasteiger partial charge is 0.496 e. The van der Waals surface area contributed by atoms with Crippen molar-refractivity contribution in [3.05, 3.63) is 83.3 Å². The molecule has 8 nitrogen and oxygen atoms in total. The normalized spacial score (nSPS) is 12.6. The molecule has 0 radical (unpaired) electrons. The average molecular weight is 537 g/mol. The number of carbonyl (C=O) groups is 1. The quantitative estimate of drug-likeness (QED) is 0.257. The first kappa shape index (κ1) is 26.0. The van der Waals surface area contributed by atoms with Gasteiger partial charge in [0, 0.05) is 34.6 Å². The molecule has 0 aliphatic heterocycles. The molecule has 1 aromatic carbocycles. The van der Waals surface area contributed by atoms with Crippen LogP contribution in [0.4, 0.5) is 13.2 Å². The third kappa shape index (κ3) is 4.39. The molecule has 0 amide bonds. The Morgan fingerprint density at radius 1 is 1.10 bits per heavy atom. The van der Waals surface area contributed by atoms with E-state index in [0.717, 1.165) is 4.57 Å². The fourth-order valence-electron chi connectivity index (χ4n) is 4.94. The number of aryl methyl sites for hydroxylation is 2. The maximum absolute atomic E-state index is 15.1. The Labute approximate surface area is 220 Å². The molecular weight excluding hydrogens is 513 g/mol. The number of alkyl halides is 3. The highest BCUT2D eigenvalue weighted by Gasteiger charge is 2.42. The zero-order valence-electron chi connectivity index (χ0n) is 21.4. The number of carboxylic acid groups (broad SMARTS) is 1. The van der Waals surface area contributed by atoms with Crippen molar-refractivity contribution in [2.75, 3.05) is 7.11 Å². The highest BCUT2D eigenvalue weighted by atomic mass is 19.4. The molecule has 4 heterocycles. The van der Waals surface area contributed by atoms with Crippen LogP contribution in [0, 0.1) is 13.8 Å². The summed E-state index contributed by atoms with van der Waals surface area (Å²) in [6.07, 6.45) is -1.88. The molecule has 4 aromatic heterocycles. The molecule has 11 heteroatoms. The highest BCUT2D eigenvalue weighted by molar-refractivity contribution is 6.00. The summed E-state index contributed by atoms with van der Waals surface area (Å²) in [5.74, 6) is -0.713. The molecule has 0 bridgehead atoms. The number of pyridine rings is 2. The van der Waals surface area contributed by atoms with Gasteiger partial charge in [-0.1, -0.05) is 11.2 Å². The van der Waals surface area contributed by atoms with Crippen LogP contribution in [0.5, 0.6) is 5.75 Å². The second-order valence-electron chi connectivity index (χ2n) is 9.03. The summed E-state index contributed by atoms with van der Waals surface area (Å²) in [6, 6.07) is 9.55. The van der Waals surface area contributed by atoms with Gasteiger partial charge in [0.15, 0.2) is 0 Å². The third-order valence-electron chi connectivity index (χ3n) is 6.65. The van der Waals surface area contributed by atoms with Crippen LogP contribution < -0.4 is 4.74 Å². The molecule has 5 aromatic rings. The molecular formula is C28H23F3N4O4.